The first kappa shape index (κ1) is 22.8. The van der Waals surface area contributed by atoms with Gasteiger partial charge in [-0.2, -0.15) is 0 Å². The Morgan fingerprint density at radius 1 is 0.889 bits per heavy atom. The van der Waals surface area contributed by atoms with Gasteiger partial charge in [-0.05, 0) is 0 Å². The molecule has 62 valence electrons. The van der Waals surface area contributed by atoms with Gasteiger partial charge in [-0.1, -0.05) is 0 Å². The van der Waals surface area contributed by atoms with Gasteiger partial charge in [0, 0.05) is 0 Å². The minimum atomic E-state index is -2.19. The van der Waals surface area contributed by atoms with Gasteiger partial charge in [-0.15, -0.1) is 0 Å². The molecule has 0 amide bonds. The van der Waals surface area contributed by atoms with E-state index < -0.39 is 11.9 Å². The van der Waals surface area contributed by atoms with E-state index in [1.54, 1.807) is 0 Å². The molecule has 0 unspecified atom stereocenters. The van der Waals surface area contributed by atoms with Gasteiger partial charge in [0.2, 0.25) is 0 Å². The third-order valence-electron chi connectivity index (χ3n) is 0.167. The number of carboxylic acids is 2. The van der Waals surface area contributed by atoms with E-state index in [0.717, 1.165) is 0 Å². The van der Waals surface area contributed by atoms with Crippen molar-refractivity contribution >= 4 is 11.9 Å². The molecule has 0 saturated carbocycles. The van der Waals surface area contributed by atoms with Crippen molar-refractivity contribution in [1.29, 1.82) is 0 Å². The van der Waals surface area contributed by atoms with Crippen LogP contribution in [-0.2, 0) is 54.3 Å². The Kier molecular flexibility index (Phi) is 28.4. The first-order valence-corrected chi connectivity index (χ1v) is 1.07. The molecule has 0 radical (unpaired) electrons. The van der Waals surface area contributed by atoms with Crippen molar-refractivity contribution in [2.24, 2.45) is 0 Å². The van der Waals surface area contributed by atoms with Crippen molar-refractivity contribution in [2.45, 2.75) is 0 Å². The quantitative estimate of drug-likeness (QED) is 0.370. The number of carboxylic acid groups (broad SMARTS) is 2. The standard InChI is InChI=1S/C2H2O4.2Ag.H3N/c3-1(4)2(5)6;;;/h(H,3,4)(H,5,6);;;1H3/q;2*+1;/p-2. The fraction of sp³-hybridized carbons (Fsp3) is 0. The summed E-state index contributed by atoms with van der Waals surface area (Å²) in [4.78, 5) is 17.9. The van der Waals surface area contributed by atoms with Gasteiger partial charge in [0.1, 0.15) is 0 Å². The van der Waals surface area contributed by atoms with Gasteiger partial charge in [-0.25, -0.2) is 0 Å². The van der Waals surface area contributed by atoms with Crippen LogP contribution in [0.3, 0.4) is 0 Å². The molecule has 0 rings (SSSR count). The maximum atomic E-state index is 8.93. The molecule has 0 spiro atoms. The zero-order valence-corrected chi connectivity index (χ0v) is 6.91. The molecule has 0 heterocycles. The molecule has 0 aliphatic carbocycles. The van der Waals surface area contributed by atoms with Crippen LogP contribution in [0.4, 0.5) is 0 Å². The smallest absolute Gasteiger partial charge is 0.543 e. The van der Waals surface area contributed by atoms with E-state index in [4.69, 9.17) is 19.8 Å². The maximum Gasteiger partial charge on any atom is 1.00 e. The average molecular weight is 321 g/mol. The number of hydrogen-bond acceptors (Lipinski definition) is 5. The van der Waals surface area contributed by atoms with Crippen molar-refractivity contribution in [3.05, 3.63) is 0 Å². The predicted octanol–water partition coefficient (Wildman–Crippen LogP) is -3.36. The zero-order chi connectivity index (χ0) is 5.15. The van der Waals surface area contributed by atoms with Crippen LogP contribution in [0.25, 0.3) is 0 Å². The minimum absolute atomic E-state index is 0. The van der Waals surface area contributed by atoms with E-state index in [0.29, 0.717) is 0 Å². The molecular weight excluding hydrogens is 318 g/mol. The summed E-state index contributed by atoms with van der Waals surface area (Å²) in [6.45, 7) is 0. The zero-order valence-electron chi connectivity index (χ0n) is 3.94. The maximum absolute atomic E-state index is 8.93. The van der Waals surface area contributed by atoms with Crippen molar-refractivity contribution in [1.82, 2.24) is 6.15 Å². The summed E-state index contributed by atoms with van der Waals surface area (Å²) in [5.74, 6) is -4.37. The number of aliphatic carboxylic acids is 2. The summed E-state index contributed by atoms with van der Waals surface area (Å²) in [7, 11) is 0. The Bertz CT molecular complexity index is 82.6. The minimum Gasteiger partial charge on any atom is -0.543 e. The molecule has 0 fully saturated rings. The van der Waals surface area contributed by atoms with Crippen molar-refractivity contribution in [2.75, 3.05) is 0 Å². The molecule has 0 aliphatic rings. The fourth-order valence-electron chi connectivity index (χ4n) is 0. The molecular formula is C2H3Ag2NO4. The Hall–Kier alpha value is 0.381. The Morgan fingerprint density at radius 2 is 1.00 bits per heavy atom. The van der Waals surface area contributed by atoms with Crippen LogP contribution in [0.2, 0.25) is 0 Å². The van der Waals surface area contributed by atoms with Crippen LogP contribution in [0.15, 0.2) is 0 Å². The Balaban J connectivity index is -0.0000000417. The summed E-state index contributed by atoms with van der Waals surface area (Å²) in [6.07, 6.45) is 0. The number of hydrogen-bond donors (Lipinski definition) is 1. The van der Waals surface area contributed by atoms with Crippen LogP contribution < -0.4 is 16.4 Å². The second kappa shape index (κ2) is 11.2. The SMILES string of the molecule is N.O=C([O-])C(=O)[O-].[Ag+].[Ag+]. The molecule has 0 aromatic rings. The first-order valence-electron chi connectivity index (χ1n) is 1.07. The fourth-order valence-corrected chi connectivity index (χ4v) is 0. The van der Waals surface area contributed by atoms with Crippen molar-refractivity contribution in [3.8, 4) is 0 Å². The van der Waals surface area contributed by atoms with Gasteiger partial charge >= 0.3 is 44.8 Å². The van der Waals surface area contributed by atoms with E-state index in [1.165, 1.54) is 0 Å². The largest absolute Gasteiger partial charge is 1.00 e. The van der Waals surface area contributed by atoms with Crippen LogP contribution in [0, 0.1) is 0 Å². The van der Waals surface area contributed by atoms with Gasteiger partial charge in [0.15, 0.2) is 0 Å². The summed E-state index contributed by atoms with van der Waals surface area (Å²) in [5, 5.41) is 17.9. The van der Waals surface area contributed by atoms with Gasteiger partial charge in [0.25, 0.3) is 0 Å². The molecule has 7 heteroatoms. The Labute approximate surface area is 82.4 Å². The molecule has 3 N–H and O–H groups in total. The average Bonchev–Trinajstić information content (AvgIpc) is 1.36. The van der Waals surface area contributed by atoms with E-state index in [-0.39, 0.29) is 50.9 Å². The number of carbonyl (C=O) groups is 2. The van der Waals surface area contributed by atoms with Gasteiger partial charge in [0.05, 0.1) is 11.9 Å². The predicted molar refractivity (Wildman–Crippen MR) is 15.0 cm³/mol. The molecule has 0 saturated heterocycles. The van der Waals surface area contributed by atoms with Gasteiger partial charge < -0.3 is 26.0 Å². The molecule has 0 aromatic carbocycles. The third kappa shape index (κ3) is 17.8. The normalized spacial score (nSPS) is 4.89. The van der Waals surface area contributed by atoms with Crippen molar-refractivity contribution in [3.63, 3.8) is 0 Å². The topological polar surface area (TPSA) is 115 Å². The summed E-state index contributed by atoms with van der Waals surface area (Å²) in [5.41, 5.74) is 0. The second-order valence-electron chi connectivity index (χ2n) is 0.575. The van der Waals surface area contributed by atoms with Crippen LogP contribution in [0.1, 0.15) is 0 Å². The van der Waals surface area contributed by atoms with E-state index in [9.17, 15) is 0 Å². The van der Waals surface area contributed by atoms with E-state index in [1.807, 2.05) is 0 Å². The molecule has 9 heavy (non-hydrogen) atoms. The van der Waals surface area contributed by atoms with E-state index >= 15 is 0 Å². The van der Waals surface area contributed by atoms with Crippen LogP contribution >= 0.6 is 0 Å². The summed E-state index contributed by atoms with van der Waals surface area (Å²) in [6, 6.07) is 0. The van der Waals surface area contributed by atoms with Crippen molar-refractivity contribution < 1.29 is 64.6 Å². The van der Waals surface area contributed by atoms with Crippen LogP contribution in [0.5, 0.6) is 0 Å². The molecule has 0 bridgehead atoms. The second-order valence-corrected chi connectivity index (χ2v) is 0.575. The Morgan fingerprint density at radius 3 is 1.00 bits per heavy atom. The molecule has 0 atom stereocenters. The molecule has 0 aliphatic heterocycles. The van der Waals surface area contributed by atoms with Gasteiger partial charge in [-0.3, -0.25) is 0 Å². The summed E-state index contributed by atoms with van der Waals surface area (Å²) < 4.78 is 0. The van der Waals surface area contributed by atoms with E-state index in [2.05, 4.69) is 0 Å². The number of carbonyl (C=O) groups excluding carboxylic acids is 2. The first-order chi connectivity index (χ1) is 2.64. The number of rotatable bonds is 0. The van der Waals surface area contributed by atoms with Crippen LogP contribution in [-0.4, -0.2) is 11.9 Å². The molecule has 0 aromatic heterocycles. The summed E-state index contributed by atoms with van der Waals surface area (Å²) >= 11 is 0. The molecule has 5 nitrogen and oxygen atoms in total. The monoisotopic (exact) mass is 319 g/mol. The third-order valence-corrected chi connectivity index (χ3v) is 0.167.